The van der Waals surface area contributed by atoms with Gasteiger partial charge in [-0.2, -0.15) is 0 Å². The van der Waals surface area contributed by atoms with Crippen LogP contribution in [0.25, 0.3) is 0 Å². The Morgan fingerprint density at radius 1 is 1.37 bits per heavy atom. The van der Waals surface area contributed by atoms with Crippen molar-refractivity contribution in [1.82, 2.24) is 4.90 Å². The van der Waals surface area contributed by atoms with E-state index in [0.717, 1.165) is 25.2 Å². The summed E-state index contributed by atoms with van der Waals surface area (Å²) in [6.45, 7) is 6.93. The Kier molecular flexibility index (Phi) is 5.63. The Hall–Kier alpha value is -1.75. The second-order valence-electron chi connectivity index (χ2n) is 4.30. The third-order valence-electron chi connectivity index (χ3n) is 3.30. The zero-order valence-electron chi connectivity index (χ0n) is 11.8. The van der Waals surface area contributed by atoms with Gasteiger partial charge in [-0.25, -0.2) is 4.79 Å². The molecule has 0 aliphatic rings. The number of benzene rings is 1. The number of hydrogen-bond donors (Lipinski definition) is 2. The molecule has 0 atom stereocenters. The Bertz CT molecular complexity index is 443. The molecule has 0 unspecified atom stereocenters. The number of nitrogens with two attached hydrogens (primary N) is 1. The SMILES string of the molecule is CCN(CC)CCc1c(N)ccc(C(=O)O)c1OC. The van der Waals surface area contributed by atoms with Gasteiger partial charge in [-0.1, -0.05) is 13.8 Å². The average Bonchev–Trinajstić information content (AvgIpc) is 2.40. The van der Waals surface area contributed by atoms with Crippen LogP contribution in [-0.2, 0) is 6.42 Å². The molecule has 5 nitrogen and oxygen atoms in total. The molecular weight excluding hydrogens is 244 g/mol. The minimum absolute atomic E-state index is 0.159. The Morgan fingerprint density at radius 3 is 2.47 bits per heavy atom. The van der Waals surface area contributed by atoms with E-state index >= 15 is 0 Å². The topological polar surface area (TPSA) is 75.8 Å². The third-order valence-corrected chi connectivity index (χ3v) is 3.30. The predicted octanol–water partition coefficient (Wildman–Crippen LogP) is 1.86. The van der Waals surface area contributed by atoms with Crippen molar-refractivity contribution in [3.05, 3.63) is 23.3 Å². The van der Waals surface area contributed by atoms with E-state index < -0.39 is 5.97 Å². The normalized spacial score (nSPS) is 10.7. The number of hydrogen-bond acceptors (Lipinski definition) is 4. The van der Waals surface area contributed by atoms with E-state index in [2.05, 4.69) is 18.7 Å². The first kappa shape index (κ1) is 15.3. The van der Waals surface area contributed by atoms with Crippen molar-refractivity contribution in [1.29, 1.82) is 0 Å². The van der Waals surface area contributed by atoms with E-state index in [4.69, 9.17) is 15.6 Å². The number of anilines is 1. The van der Waals surface area contributed by atoms with Crippen LogP contribution in [0.5, 0.6) is 5.75 Å². The number of carbonyl (C=O) groups is 1. The van der Waals surface area contributed by atoms with Crippen molar-refractivity contribution >= 4 is 11.7 Å². The minimum Gasteiger partial charge on any atom is -0.495 e. The molecule has 0 spiro atoms. The molecule has 0 saturated heterocycles. The molecular formula is C14H22N2O3. The number of carboxylic acids is 1. The van der Waals surface area contributed by atoms with Crippen molar-refractivity contribution in [2.45, 2.75) is 20.3 Å². The van der Waals surface area contributed by atoms with Crippen molar-refractivity contribution in [3.8, 4) is 5.75 Å². The Labute approximate surface area is 114 Å². The quantitative estimate of drug-likeness (QED) is 0.737. The summed E-state index contributed by atoms with van der Waals surface area (Å²) in [4.78, 5) is 13.4. The molecule has 0 aliphatic carbocycles. The molecule has 0 saturated carbocycles. The predicted molar refractivity (Wildman–Crippen MR) is 75.9 cm³/mol. The van der Waals surface area contributed by atoms with Crippen LogP contribution < -0.4 is 10.5 Å². The molecule has 106 valence electrons. The lowest BCUT2D eigenvalue weighted by Gasteiger charge is -2.20. The second-order valence-corrected chi connectivity index (χ2v) is 4.30. The van der Waals surface area contributed by atoms with E-state index in [0.29, 0.717) is 17.9 Å². The lowest BCUT2D eigenvalue weighted by molar-refractivity contribution is 0.0693. The molecule has 0 heterocycles. The number of rotatable bonds is 7. The molecule has 1 aromatic rings. The van der Waals surface area contributed by atoms with Crippen LogP contribution >= 0.6 is 0 Å². The number of aromatic carboxylic acids is 1. The Balaban J connectivity index is 3.04. The van der Waals surface area contributed by atoms with Gasteiger partial charge in [0.1, 0.15) is 11.3 Å². The van der Waals surface area contributed by atoms with Crippen LogP contribution in [0.2, 0.25) is 0 Å². The number of methoxy groups -OCH3 is 1. The van der Waals surface area contributed by atoms with Crippen LogP contribution in [-0.4, -0.2) is 42.7 Å². The molecule has 1 rings (SSSR count). The fourth-order valence-electron chi connectivity index (χ4n) is 2.11. The van der Waals surface area contributed by atoms with Gasteiger partial charge in [0.2, 0.25) is 0 Å². The van der Waals surface area contributed by atoms with Crippen LogP contribution in [0.3, 0.4) is 0 Å². The van der Waals surface area contributed by atoms with Crippen molar-refractivity contribution in [3.63, 3.8) is 0 Å². The fraction of sp³-hybridized carbons (Fsp3) is 0.500. The standard InChI is InChI=1S/C14H22N2O3/c1-4-16(5-2)9-8-10-12(15)7-6-11(14(17)18)13(10)19-3/h6-7H,4-5,8-9,15H2,1-3H3,(H,17,18). The van der Waals surface area contributed by atoms with E-state index in [1.54, 1.807) is 6.07 Å². The number of carboxylic acid groups (broad SMARTS) is 1. The molecule has 0 fully saturated rings. The largest absolute Gasteiger partial charge is 0.495 e. The molecule has 0 aromatic heterocycles. The summed E-state index contributed by atoms with van der Waals surface area (Å²) in [5, 5.41) is 9.15. The third kappa shape index (κ3) is 3.61. The van der Waals surface area contributed by atoms with Gasteiger partial charge in [-0.3, -0.25) is 0 Å². The number of nitrogens with zero attached hydrogens (tertiary/aromatic N) is 1. The number of ether oxygens (including phenoxy) is 1. The fourth-order valence-corrected chi connectivity index (χ4v) is 2.11. The smallest absolute Gasteiger partial charge is 0.339 e. The van der Waals surface area contributed by atoms with Crippen molar-refractivity contribution in [2.24, 2.45) is 0 Å². The molecule has 0 aliphatic heterocycles. The summed E-state index contributed by atoms with van der Waals surface area (Å²) in [5.41, 5.74) is 7.45. The lowest BCUT2D eigenvalue weighted by Crippen LogP contribution is -2.25. The summed E-state index contributed by atoms with van der Waals surface area (Å²) in [6, 6.07) is 3.11. The van der Waals surface area contributed by atoms with Gasteiger partial charge >= 0.3 is 5.97 Å². The van der Waals surface area contributed by atoms with Crippen LogP contribution in [0.4, 0.5) is 5.69 Å². The number of nitrogen functional groups attached to an aromatic ring is 1. The summed E-state index contributed by atoms with van der Waals surface area (Å²) < 4.78 is 5.24. The van der Waals surface area contributed by atoms with Crippen molar-refractivity contribution in [2.75, 3.05) is 32.5 Å². The van der Waals surface area contributed by atoms with Gasteiger partial charge in [-0.15, -0.1) is 0 Å². The van der Waals surface area contributed by atoms with E-state index in [1.807, 2.05) is 0 Å². The molecule has 0 amide bonds. The molecule has 0 radical (unpaired) electrons. The molecule has 1 aromatic carbocycles. The maximum absolute atomic E-state index is 11.2. The maximum atomic E-state index is 11.2. The van der Waals surface area contributed by atoms with E-state index in [1.165, 1.54) is 13.2 Å². The van der Waals surface area contributed by atoms with Gasteiger partial charge < -0.3 is 20.5 Å². The summed E-state index contributed by atoms with van der Waals surface area (Å²) in [5.74, 6) is -0.624. The van der Waals surface area contributed by atoms with Gasteiger partial charge in [0, 0.05) is 17.8 Å². The van der Waals surface area contributed by atoms with E-state index in [9.17, 15) is 4.79 Å². The molecule has 19 heavy (non-hydrogen) atoms. The highest BCUT2D eigenvalue weighted by Gasteiger charge is 2.17. The van der Waals surface area contributed by atoms with Crippen LogP contribution in [0.15, 0.2) is 12.1 Å². The molecule has 5 heteroatoms. The number of likely N-dealkylation sites (N-methyl/N-ethyl adjacent to an activating group) is 1. The summed E-state index contributed by atoms with van der Waals surface area (Å²) in [7, 11) is 1.47. The lowest BCUT2D eigenvalue weighted by atomic mass is 10.0. The monoisotopic (exact) mass is 266 g/mol. The van der Waals surface area contributed by atoms with Gasteiger partial charge in [-0.05, 0) is 31.6 Å². The highest BCUT2D eigenvalue weighted by molar-refractivity contribution is 5.92. The van der Waals surface area contributed by atoms with Gasteiger partial charge in [0.25, 0.3) is 0 Å². The first-order valence-electron chi connectivity index (χ1n) is 6.46. The summed E-state index contributed by atoms with van der Waals surface area (Å²) >= 11 is 0. The van der Waals surface area contributed by atoms with Crippen LogP contribution in [0.1, 0.15) is 29.8 Å². The van der Waals surface area contributed by atoms with Crippen LogP contribution in [0, 0.1) is 0 Å². The molecule has 0 bridgehead atoms. The van der Waals surface area contributed by atoms with Crippen molar-refractivity contribution < 1.29 is 14.6 Å². The molecule has 3 N–H and O–H groups in total. The highest BCUT2D eigenvalue weighted by Crippen LogP contribution is 2.29. The highest BCUT2D eigenvalue weighted by atomic mass is 16.5. The maximum Gasteiger partial charge on any atom is 0.339 e. The summed E-state index contributed by atoms with van der Waals surface area (Å²) in [6.07, 6.45) is 0.678. The van der Waals surface area contributed by atoms with E-state index in [-0.39, 0.29) is 5.56 Å². The first-order valence-corrected chi connectivity index (χ1v) is 6.46. The Morgan fingerprint density at radius 2 is 2.00 bits per heavy atom. The zero-order valence-corrected chi connectivity index (χ0v) is 11.8. The van der Waals surface area contributed by atoms with Gasteiger partial charge in [0.05, 0.1) is 7.11 Å². The first-order chi connectivity index (χ1) is 9.04. The average molecular weight is 266 g/mol. The second kappa shape index (κ2) is 6.99. The minimum atomic E-state index is -0.999. The zero-order chi connectivity index (χ0) is 14.4. The van der Waals surface area contributed by atoms with Gasteiger partial charge in [0.15, 0.2) is 0 Å².